The van der Waals surface area contributed by atoms with Crippen LogP contribution < -0.4 is 0 Å². The number of aryl methyl sites for hydroxylation is 1. The molecule has 1 N–H and O–H groups in total. The largest absolute Gasteiger partial charge is 0.382 e. The highest BCUT2D eigenvalue weighted by atomic mass is 35.5. The maximum absolute atomic E-state index is 13.0. The second-order valence-electron chi connectivity index (χ2n) is 4.05. The van der Waals surface area contributed by atoms with Crippen LogP contribution in [0.1, 0.15) is 30.7 Å². The molecule has 0 radical (unpaired) electrons. The lowest BCUT2D eigenvalue weighted by Crippen LogP contribution is -2.10. The fourth-order valence-electron chi connectivity index (χ4n) is 1.86. The second kappa shape index (κ2) is 5.50. The third kappa shape index (κ3) is 2.54. The van der Waals surface area contributed by atoms with Gasteiger partial charge in [0.1, 0.15) is 11.9 Å². The standard InChI is InChI=1S/C13H14ClFN2O/c1-2-7-17-12(5-6-16-17)13(18)10-4-3-9(15)8-11(10)14/h3-6,8,13,18H,2,7H2,1H3. The summed E-state index contributed by atoms with van der Waals surface area (Å²) >= 11 is 5.94. The van der Waals surface area contributed by atoms with Gasteiger partial charge in [0.25, 0.3) is 0 Å². The molecule has 1 unspecified atom stereocenters. The van der Waals surface area contributed by atoms with E-state index in [1.807, 2.05) is 6.92 Å². The van der Waals surface area contributed by atoms with E-state index in [4.69, 9.17) is 11.6 Å². The smallest absolute Gasteiger partial charge is 0.124 e. The molecule has 5 heteroatoms. The molecule has 0 fully saturated rings. The van der Waals surface area contributed by atoms with Gasteiger partial charge in [0.2, 0.25) is 0 Å². The summed E-state index contributed by atoms with van der Waals surface area (Å²) in [5.41, 5.74) is 1.14. The summed E-state index contributed by atoms with van der Waals surface area (Å²) in [4.78, 5) is 0. The van der Waals surface area contributed by atoms with Crippen LogP contribution in [-0.2, 0) is 6.54 Å². The van der Waals surface area contributed by atoms with Crippen LogP contribution >= 0.6 is 11.6 Å². The van der Waals surface area contributed by atoms with Gasteiger partial charge < -0.3 is 5.11 Å². The van der Waals surface area contributed by atoms with Gasteiger partial charge in [0.05, 0.1) is 5.69 Å². The molecule has 0 aliphatic heterocycles. The average Bonchev–Trinajstić information content (AvgIpc) is 2.77. The summed E-state index contributed by atoms with van der Waals surface area (Å²) in [7, 11) is 0. The van der Waals surface area contributed by atoms with E-state index in [-0.39, 0.29) is 5.02 Å². The predicted octanol–water partition coefficient (Wildman–Crippen LogP) is 3.17. The van der Waals surface area contributed by atoms with Gasteiger partial charge in [-0.2, -0.15) is 5.10 Å². The summed E-state index contributed by atoms with van der Waals surface area (Å²) in [6, 6.07) is 5.71. The molecule has 0 spiro atoms. The van der Waals surface area contributed by atoms with Crippen molar-refractivity contribution in [2.75, 3.05) is 0 Å². The Labute approximate surface area is 110 Å². The maximum atomic E-state index is 13.0. The summed E-state index contributed by atoms with van der Waals surface area (Å²) in [6.45, 7) is 2.75. The van der Waals surface area contributed by atoms with E-state index in [0.29, 0.717) is 11.3 Å². The molecular formula is C13H14ClFN2O. The molecule has 18 heavy (non-hydrogen) atoms. The van der Waals surface area contributed by atoms with Crippen molar-refractivity contribution in [3.63, 3.8) is 0 Å². The van der Waals surface area contributed by atoms with Crippen molar-refractivity contribution >= 4 is 11.6 Å². The Morgan fingerprint density at radius 1 is 1.44 bits per heavy atom. The normalized spacial score (nSPS) is 12.7. The molecule has 96 valence electrons. The molecule has 0 amide bonds. The van der Waals surface area contributed by atoms with E-state index < -0.39 is 11.9 Å². The van der Waals surface area contributed by atoms with Crippen LogP contribution in [0.5, 0.6) is 0 Å². The van der Waals surface area contributed by atoms with Crippen molar-refractivity contribution in [3.8, 4) is 0 Å². The Kier molecular flexibility index (Phi) is 3.99. The Morgan fingerprint density at radius 3 is 2.89 bits per heavy atom. The fraction of sp³-hybridized carbons (Fsp3) is 0.308. The van der Waals surface area contributed by atoms with Gasteiger partial charge in [-0.05, 0) is 24.6 Å². The highest BCUT2D eigenvalue weighted by Crippen LogP contribution is 2.28. The van der Waals surface area contributed by atoms with E-state index in [9.17, 15) is 9.50 Å². The second-order valence-corrected chi connectivity index (χ2v) is 4.45. The molecule has 0 aliphatic rings. The van der Waals surface area contributed by atoms with Crippen LogP contribution in [0, 0.1) is 5.82 Å². The van der Waals surface area contributed by atoms with E-state index in [1.54, 1.807) is 16.9 Å². The van der Waals surface area contributed by atoms with Crippen molar-refractivity contribution in [2.45, 2.75) is 26.0 Å². The number of rotatable bonds is 4. The monoisotopic (exact) mass is 268 g/mol. The van der Waals surface area contributed by atoms with Gasteiger partial charge in [-0.3, -0.25) is 4.68 Å². The lowest BCUT2D eigenvalue weighted by molar-refractivity contribution is 0.207. The SMILES string of the molecule is CCCn1nccc1C(O)c1ccc(F)cc1Cl. The Hall–Kier alpha value is -1.39. The molecule has 1 atom stereocenters. The van der Waals surface area contributed by atoms with Crippen molar-refractivity contribution in [3.05, 3.63) is 52.6 Å². The van der Waals surface area contributed by atoms with Crippen LogP contribution in [0.2, 0.25) is 5.02 Å². The maximum Gasteiger partial charge on any atom is 0.124 e. The molecule has 1 aromatic carbocycles. The lowest BCUT2D eigenvalue weighted by Gasteiger charge is -2.14. The van der Waals surface area contributed by atoms with Crippen LogP contribution in [0.25, 0.3) is 0 Å². The van der Waals surface area contributed by atoms with Crippen LogP contribution in [0.4, 0.5) is 4.39 Å². The molecule has 3 nitrogen and oxygen atoms in total. The first-order valence-corrected chi connectivity index (χ1v) is 6.16. The Balaban J connectivity index is 2.35. The van der Waals surface area contributed by atoms with Crippen LogP contribution in [0.3, 0.4) is 0 Å². The number of halogens is 2. The molecule has 0 saturated heterocycles. The zero-order valence-electron chi connectivity index (χ0n) is 9.98. The fourth-order valence-corrected chi connectivity index (χ4v) is 2.13. The number of aromatic nitrogens is 2. The molecule has 2 aromatic rings. The average molecular weight is 269 g/mol. The summed E-state index contributed by atoms with van der Waals surface area (Å²) in [5, 5.41) is 14.6. The third-order valence-electron chi connectivity index (χ3n) is 2.72. The molecule has 1 aromatic heterocycles. The molecular weight excluding hydrogens is 255 g/mol. The van der Waals surface area contributed by atoms with Gasteiger partial charge in [-0.15, -0.1) is 0 Å². The number of aliphatic hydroxyl groups is 1. The number of hydrogen-bond acceptors (Lipinski definition) is 2. The zero-order chi connectivity index (χ0) is 13.1. The molecule has 1 heterocycles. The van der Waals surface area contributed by atoms with Gasteiger partial charge in [-0.1, -0.05) is 24.6 Å². The van der Waals surface area contributed by atoms with E-state index in [2.05, 4.69) is 5.10 Å². The van der Waals surface area contributed by atoms with Crippen molar-refractivity contribution in [1.29, 1.82) is 0 Å². The van der Waals surface area contributed by atoms with Crippen LogP contribution in [0.15, 0.2) is 30.5 Å². The first-order valence-electron chi connectivity index (χ1n) is 5.78. The first-order chi connectivity index (χ1) is 8.63. The first kappa shape index (κ1) is 13.1. The minimum Gasteiger partial charge on any atom is -0.382 e. The topological polar surface area (TPSA) is 38.0 Å². The zero-order valence-corrected chi connectivity index (χ0v) is 10.7. The molecule has 0 saturated carbocycles. The number of nitrogens with zero attached hydrogens (tertiary/aromatic N) is 2. The van der Waals surface area contributed by atoms with E-state index in [1.165, 1.54) is 18.2 Å². The summed E-state index contributed by atoms with van der Waals surface area (Å²) in [6.07, 6.45) is 1.65. The Morgan fingerprint density at radius 2 is 2.22 bits per heavy atom. The summed E-state index contributed by atoms with van der Waals surface area (Å²) in [5.74, 6) is -0.419. The molecule has 0 aliphatic carbocycles. The predicted molar refractivity (Wildman–Crippen MR) is 68.0 cm³/mol. The highest BCUT2D eigenvalue weighted by Gasteiger charge is 2.18. The van der Waals surface area contributed by atoms with Crippen molar-refractivity contribution < 1.29 is 9.50 Å². The van der Waals surface area contributed by atoms with Gasteiger partial charge in [0.15, 0.2) is 0 Å². The van der Waals surface area contributed by atoms with Gasteiger partial charge in [-0.25, -0.2) is 4.39 Å². The number of aliphatic hydroxyl groups excluding tert-OH is 1. The van der Waals surface area contributed by atoms with Gasteiger partial charge in [0, 0.05) is 23.3 Å². The molecule has 2 rings (SSSR count). The number of hydrogen-bond donors (Lipinski definition) is 1. The number of benzene rings is 1. The van der Waals surface area contributed by atoms with Crippen molar-refractivity contribution in [2.24, 2.45) is 0 Å². The minimum atomic E-state index is -0.896. The lowest BCUT2D eigenvalue weighted by atomic mass is 10.1. The third-order valence-corrected chi connectivity index (χ3v) is 3.05. The van der Waals surface area contributed by atoms with Crippen LogP contribution in [-0.4, -0.2) is 14.9 Å². The van der Waals surface area contributed by atoms with Crippen molar-refractivity contribution in [1.82, 2.24) is 9.78 Å². The van der Waals surface area contributed by atoms with E-state index in [0.717, 1.165) is 13.0 Å². The quantitative estimate of drug-likeness (QED) is 0.925. The highest BCUT2D eigenvalue weighted by molar-refractivity contribution is 6.31. The molecule has 0 bridgehead atoms. The van der Waals surface area contributed by atoms with Gasteiger partial charge >= 0.3 is 0 Å². The van der Waals surface area contributed by atoms with E-state index >= 15 is 0 Å². The summed E-state index contributed by atoms with van der Waals surface area (Å²) < 4.78 is 14.7. The minimum absolute atomic E-state index is 0.215. The Bertz CT molecular complexity index is 542.